The fourth-order valence-electron chi connectivity index (χ4n) is 1.43. The van der Waals surface area contributed by atoms with Crippen LogP contribution in [0, 0.1) is 0 Å². The zero-order valence-corrected chi connectivity index (χ0v) is 11.9. The summed E-state index contributed by atoms with van der Waals surface area (Å²) in [4.78, 5) is 4.06. The molecule has 8 heteroatoms. The van der Waals surface area contributed by atoms with Gasteiger partial charge in [0.05, 0.1) is 5.56 Å². The molecule has 2 N–H and O–H groups in total. The van der Waals surface area contributed by atoms with Gasteiger partial charge in [0.25, 0.3) is 5.89 Å². The minimum absolute atomic E-state index is 0.104. The van der Waals surface area contributed by atoms with E-state index >= 15 is 0 Å². The Hall–Kier alpha value is -1.60. The summed E-state index contributed by atoms with van der Waals surface area (Å²) in [6.07, 6.45) is 1.12. The largest absolute Gasteiger partial charge is 0.398 e. The van der Waals surface area contributed by atoms with E-state index in [1.807, 2.05) is 0 Å². The van der Waals surface area contributed by atoms with Crippen LogP contribution in [0.1, 0.15) is 18.0 Å². The fourth-order valence-corrected chi connectivity index (χ4v) is 2.09. The first-order valence-electron chi connectivity index (χ1n) is 5.37. The third-order valence-electron chi connectivity index (χ3n) is 2.69. The molecule has 0 bridgehead atoms. The van der Waals surface area contributed by atoms with Crippen molar-refractivity contribution in [3.05, 3.63) is 29.0 Å². The molecule has 1 unspecified atom stereocenters. The van der Waals surface area contributed by atoms with Crippen molar-refractivity contribution in [2.45, 2.75) is 12.2 Å². The van der Waals surface area contributed by atoms with Crippen molar-refractivity contribution in [1.82, 2.24) is 10.1 Å². The van der Waals surface area contributed by atoms with Gasteiger partial charge in [0.15, 0.2) is 15.7 Å². The predicted molar refractivity (Wildman–Crippen MR) is 72.4 cm³/mol. The van der Waals surface area contributed by atoms with E-state index in [9.17, 15) is 8.42 Å². The number of anilines is 1. The third-order valence-corrected chi connectivity index (χ3v) is 4.42. The van der Waals surface area contributed by atoms with Crippen molar-refractivity contribution in [1.29, 1.82) is 0 Å². The van der Waals surface area contributed by atoms with Gasteiger partial charge in [0.2, 0.25) is 0 Å². The number of hydrogen-bond acceptors (Lipinski definition) is 6. The average Bonchev–Trinajstić information content (AvgIpc) is 2.75. The quantitative estimate of drug-likeness (QED) is 0.871. The Labute approximate surface area is 115 Å². The van der Waals surface area contributed by atoms with Gasteiger partial charge in [-0.25, -0.2) is 8.42 Å². The first kappa shape index (κ1) is 13.8. The summed E-state index contributed by atoms with van der Waals surface area (Å²) in [6, 6.07) is 4.83. The highest BCUT2D eigenvalue weighted by Gasteiger charge is 2.23. The van der Waals surface area contributed by atoms with Gasteiger partial charge >= 0.3 is 0 Å². The molecule has 0 aliphatic carbocycles. The molecule has 6 nitrogen and oxygen atoms in total. The van der Waals surface area contributed by atoms with Crippen LogP contribution in [-0.4, -0.2) is 24.8 Å². The van der Waals surface area contributed by atoms with Crippen LogP contribution in [0.3, 0.4) is 0 Å². The number of sulfone groups is 1. The Bertz CT molecular complexity index is 712. The summed E-state index contributed by atoms with van der Waals surface area (Å²) in [7, 11) is -3.28. The molecule has 0 aliphatic rings. The Morgan fingerprint density at radius 1 is 1.42 bits per heavy atom. The number of benzene rings is 1. The molecule has 0 amide bonds. The van der Waals surface area contributed by atoms with Gasteiger partial charge in [0, 0.05) is 17.0 Å². The van der Waals surface area contributed by atoms with Crippen LogP contribution < -0.4 is 5.73 Å². The average molecular weight is 302 g/mol. The Morgan fingerprint density at radius 2 is 2.11 bits per heavy atom. The van der Waals surface area contributed by atoms with Crippen LogP contribution in [0.5, 0.6) is 0 Å². The molecule has 1 aromatic heterocycles. The highest BCUT2D eigenvalue weighted by atomic mass is 35.5. The molecule has 1 aromatic carbocycles. The monoisotopic (exact) mass is 301 g/mol. The van der Waals surface area contributed by atoms with Gasteiger partial charge in [-0.2, -0.15) is 4.98 Å². The first-order chi connectivity index (χ1) is 8.79. The first-order valence-corrected chi connectivity index (χ1v) is 7.70. The van der Waals surface area contributed by atoms with Gasteiger partial charge in [-0.05, 0) is 25.1 Å². The lowest BCUT2D eigenvalue weighted by atomic mass is 10.2. The van der Waals surface area contributed by atoms with Gasteiger partial charge in [-0.1, -0.05) is 16.8 Å². The van der Waals surface area contributed by atoms with E-state index in [1.54, 1.807) is 18.2 Å². The maximum Gasteiger partial charge on any atom is 0.260 e. The maximum absolute atomic E-state index is 11.4. The molecule has 2 rings (SSSR count). The van der Waals surface area contributed by atoms with Crippen LogP contribution in [0.4, 0.5) is 5.69 Å². The summed E-state index contributed by atoms with van der Waals surface area (Å²) >= 11 is 5.79. The molecule has 0 saturated heterocycles. The van der Waals surface area contributed by atoms with Crippen molar-refractivity contribution in [3.8, 4) is 11.5 Å². The van der Waals surface area contributed by atoms with Gasteiger partial charge in [0.1, 0.15) is 5.25 Å². The topological polar surface area (TPSA) is 99.1 Å². The van der Waals surface area contributed by atoms with Crippen LogP contribution in [0.15, 0.2) is 22.7 Å². The zero-order chi connectivity index (χ0) is 14.2. The van der Waals surface area contributed by atoms with E-state index in [0.717, 1.165) is 6.26 Å². The summed E-state index contributed by atoms with van der Waals surface area (Å²) in [5.41, 5.74) is 6.70. The van der Waals surface area contributed by atoms with Crippen molar-refractivity contribution in [2.24, 2.45) is 0 Å². The van der Waals surface area contributed by atoms with Gasteiger partial charge in [-0.3, -0.25) is 0 Å². The van der Waals surface area contributed by atoms with Crippen LogP contribution in [-0.2, 0) is 9.84 Å². The lowest BCUT2D eigenvalue weighted by molar-refractivity contribution is 0.422. The molecular weight excluding hydrogens is 290 g/mol. The molecule has 0 aliphatic heterocycles. The number of aromatic nitrogens is 2. The number of hydrogen-bond donors (Lipinski definition) is 1. The SMILES string of the molecule is CC(c1noc(-c2ccc(Cl)cc2N)n1)S(C)(=O)=O. The predicted octanol–water partition coefficient (Wildman–Crippen LogP) is 2.08. The van der Waals surface area contributed by atoms with Crippen molar-refractivity contribution in [3.63, 3.8) is 0 Å². The number of nitrogens with zero attached hydrogens (tertiary/aromatic N) is 2. The highest BCUT2D eigenvalue weighted by Crippen LogP contribution is 2.28. The van der Waals surface area contributed by atoms with Crippen LogP contribution >= 0.6 is 11.6 Å². The Kier molecular flexibility index (Phi) is 3.51. The second-order valence-corrected chi connectivity index (χ2v) is 6.96. The molecule has 0 radical (unpaired) electrons. The molecule has 1 heterocycles. The molecular formula is C11H12ClN3O3S. The number of nitrogens with two attached hydrogens (primary N) is 1. The number of halogens is 1. The zero-order valence-electron chi connectivity index (χ0n) is 10.3. The summed E-state index contributed by atoms with van der Waals surface area (Å²) in [5.74, 6) is 0.270. The van der Waals surface area contributed by atoms with E-state index in [4.69, 9.17) is 21.9 Å². The van der Waals surface area contributed by atoms with E-state index in [-0.39, 0.29) is 11.7 Å². The van der Waals surface area contributed by atoms with E-state index in [1.165, 1.54) is 6.92 Å². The molecule has 0 spiro atoms. The Morgan fingerprint density at radius 3 is 2.68 bits per heavy atom. The second-order valence-electron chi connectivity index (χ2n) is 4.16. The molecule has 19 heavy (non-hydrogen) atoms. The van der Waals surface area contributed by atoms with Crippen molar-refractivity contribution in [2.75, 3.05) is 12.0 Å². The lowest BCUT2D eigenvalue weighted by Gasteiger charge is -2.02. The minimum atomic E-state index is -3.28. The standard InChI is InChI=1S/C11H12ClN3O3S/c1-6(19(2,16)17)10-14-11(18-15-10)8-4-3-7(12)5-9(8)13/h3-6H,13H2,1-2H3. The maximum atomic E-state index is 11.4. The van der Waals surface area contributed by atoms with E-state index < -0.39 is 15.1 Å². The second kappa shape index (κ2) is 4.82. The van der Waals surface area contributed by atoms with Crippen LogP contribution in [0.25, 0.3) is 11.5 Å². The van der Waals surface area contributed by atoms with Crippen molar-refractivity contribution >= 4 is 27.1 Å². The van der Waals surface area contributed by atoms with E-state index in [0.29, 0.717) is 16.3 Å². The summed E-state index contributed by atoms with van der Waals surface area (Å²) in [5, 5.41) is 3.33. The molecule has 102 valence electrons. The summed E-state index contributed by atoms with van der Waals surface area (Å²) in [6.45, 7) is 1.50. The lowest BCUT2D eigenvalue weighted by Crippen LogP contribution is -2.09. The molecule has 1 atom stereocenters. The number of rotatable bonds is 3. The Balaban J connectivity index is 2.41. The van der Waals surface area contributed by atoms with E-state index in [2.05, 4.69) is 10.1 Å². The van der Waals surface area contributed by atoms with Crippen LogP contribution in [0.2, 0.25) is 5.02 Å². The minimum Gasteiger partial charge on any atom is -0.398 e. The molecule has 2 aromatic rings. The molecule has 0 fully saturated rings. The third kappa shape index (κ3) is 2.87. The summed E-state index contributed by atoms with van der Waals surface area (Å²) < 4.78 is 27.9. The highest BCUT2D eigenvalue weighted by molar-refractivity contribution is 7.90. The smallest absolute Gasteiger partial charge is 0.260 e. The normalized spacial score (nSPS) is 13.4. The van der Waals surface area contributed by atoms with Gasteiger partial charge < -0.3 is 10.3 Å². The van der Waals surface area contributed by atoms with Gasteiger partial charge in [-0.15, -0.1) is 0 Å². The fraction of sp³-hybridized carbons (Fsp3) is 0.273. The van der Waals surface area contributed by atoms with Crippen molar-refractivity contribution < 1.29 is 12.9 Å². The molecule has 0 saturated carbocycles. The number of nitrogen functional groups attached to an aromatic ring is 1.